The number of anilines is 1. The Labute approximate surface area is 152 Å². The summed E-state index contributed by atoms with van der Waals surface area (Å²) in [5.74, 6) is -1.63. The number of aryl methyl sites for hydroxylation is 1. The maximum atomic E-state index is 13.3. The molecule has 2 aromatic rings. The standard InChI is InChI=1S/C17H19BrF2N4O/c1-23-17(25)16(18)15(9-21-23)22-12-4-6-24(7-5-12)10-11-2-3-13(19)14(20)8-11/h2-3,8-9,12,22H,4-7,10H2,1H3. The first-order valence-corrected chi connectivity index (χ1v) is 8.88. The Kier molecular flexibility index (Phi) is 5.48. The molecule has 134 valence electrons. The normalized spacial score (nSPS) is 16.2. The summed E-state index contributed by atoms with van der Waals surface area (Å²) in [5.41, 5.74) is 1.28. The zero-order chi connectivity index (χ0) is 18.0. The summed E-state index contributed by atoms with van der Waals surface area (Å²) in [6.07, 6.45) is 3.43. The molecule has 8 heteroatoms. The molecule has 1 aromatic heterocycles. The zero-order valence-electron chi connectivity index (χ0n) is 13.8. The third-order valence-corrected chi connectivity index (χ3v) is 5.18. The summed E-state index contributed by atoms with van der Waals surface area (Å²) in [4.78, 5) is 14.1. The van der Waals surface area contributed by atoms with E-state index in [1.807, 2.05) is 0 Å². The van der Waals surface area contributed by atoms with Crippen molar-refractivity contribution in [1.82, 2.24) is 14.7 Å². The molecule has 0 bridgehead atoms. The van der Waals surface area contributed by atoms with Gasteiger partial charge in [0.1, 0.15) is 4.47 Å². The Balaban J connectivity index is 1.56. The quantitative estimate of drug-likeness (QED) is 0.838. The van der Waals surface area contributed by atoms with E-state index in [0.29, 0.717) is 16.7 Å². The maximum Gasteiger partial charge on any atom is 0.282 e. The van der Waals surface area contributed by atoms with E-state index < -0.39 is 11.6 Å². The second kappa shape index (κ2) is 7.61. The monoisotopic (exact) mass is 412 g/mol. The molecule has 1 aliphatic rings. The van der Waals surface area contributed by atoms with Crippen LogP contribution in [-0.2, 0) is 13.6 Å². The second-order valence-corrected chi connectivity index (χ2v) is 7.04. The number of nitrogens with zero attached hydrogens (tertiary/aromatic N) is 3. The third kappa shape index (κ3) is 4.24. The number of nitrogens with one attached hydrogen (secondary N) is 1. The number of hydrogen-bond donors (Lipinski definition) is 1. The molecule has 1 saturated heterocycles. The van der Waals surface area contributed by atoms with E-state index in [0.717, 1.165) is 31.5 Å². The van der Waals surface area contributed by atoms with E-state index in [4.69, 9.17) is 0 Å². The number of likely N-dealkylation sites (tertiary alicyclic amines) is 1. The predicted octanol–water partition coefficient (Wildman–Crippen LogP) is 2.90. The summed E-state index contributed by atoms with van der Waals surface area (Å²) in [6, 6.07) is 4.28. The molecule has 25 heavy (non-hydrogen) atoms. The van der Waals surface area contributed by atoms with Gasteiger partial charge in [0, 0.05) is 32.7 Å². The molecule has 0 atom stereocenters. The predicted molar refractivity (Wildman–Crippen MR) is 95.5 cm³/mol. The summed E-state index contributed by atoms with van der Waals surface area (Å²) in [7, 11) is 1.60. The highest BCUT2D eigenvalue weighted by atomic mass is 79.9. The van der Waals surface area contributed by atoms with Crippen LogP contribution in [-0.4, -0.2) is 33.8 Å². The van der Waals surface area contributed by atoms with Gasteiger partial charge in [-0.25, -0.2) is 13.5 Å². The van der Waals surface area contributed by atoms with Crippen LogP contribution in [0.4, 0.5) is 14.5 Å². The minimum absolute atomic E-state index is 0.180. The van der Waals surface area contributed by atoms with Gasteiger partial charge in [0.15, 0.2) is 11.6 Å². The first-order chi connectivity index (χ1) is 11.9. The molecule has 0 amide bonds. The minimum Gasteiger partial charge on any atom is -0.380 e. The summed E-state index contributed by atoms with van der Waals surface area (Å²) in [6.45, 7) is 2.28. The number of halogens is 3. The fraction of sp³-hybridized carbons (Fsp3) is 0.412. The fourth-order valence-corrected chi connectivity index (χ4v) is 3.44. The molecule has 5 nitrogen and oxygen atoms in total. The van der Waals surface area contributed by atoms with Gasteiger partial charge in [0.2, 0.25) is 0 Å². The molecule has 0 radical (unpaired) electrons. The van der Waals surface area contributed by atoms with Crippen LogP contribution < -0.4 is 10.9 Å². The first-order valence-electron chi connectivity index (χ1n) is 8.08. The van der Waals surface area contributed by atoms with E-state index in [9.17, 15) is 13.6 Å². The Morgan fingerprint density at radius 1 is 1.28 bits per heavy atom. The van der Waals surface area contributed by atoms with Crippen molar-refractivity contribution in [2.75, 3.05) is 18.4 Å². The number of rotatable bonds is 4. The molecule has 3 rings (SSSR count). The lowest BCUT2D eigenvalue weighted by Crippen LogP contribution is -2.39. The fourth-order valence-electron chi connectivity index (χ4n) is 2.96. The van der Waals surface area contributed by atoms with Gasteiger partial charge >= 0.3 is 0 Å². The smallest absolute Gasteiger partial charge is 0.282 e. The molecular weight excluding hydrogens is 394 g/mol. The van der Waals surface area contributed by atoms with Crippen LogP contribution in [0, 0.1) is 11.6 Å². The van der Waals surface area contributed by atoms with E-state index >= 15 is 0 Å². The minimum atomic E-state index is -0.820. The van der Waals surface area contributed by atoms with Crippen LogP contribution in [0.2, 0.25) is 0 Å². The molecule has 1 aliphatic heterocycles. The Bertz CT molecular complexity index is 819. The molecule has 1 N–H and O–H groups in total. The van der Waals surface area contributed by atoms with E-state index in [1.165, 1.54) is 16.8 Å². The molecular formula is C17H19BrF2N4O. The number of piperidine rings is 1. The highest BCUT2D eigenvalue weighted by Crippen LogP contribution is 2.22. The van der Waals surface area contributed by atoms with Gasteiger partial charge < -0.3 is 5.32 Å². The Morgan fingerprint density at radius 2 is 2.00 bits per heavy atom. The zero-order valence-corrected chi connectivity index (χ0v) is 15.4. The second-order valence-electron chi connectivity index (χ2n) is 6.24. The maximum absolute atomic E-state index is 13.3. The number of benzene rings is 1. The molecule has 1 aromatic carbocycles. The van der Waals surface area contributed by atoms with Gasteiger partial charge in [-0.3, -0.25) is 9.69 Å². The van der Waals surface area contributed by atoms with Gasteiger partial charge in [-0.05, 0) is 46.5 Å². The van der Waals surface area contributed by atoms with Crippen molar-refractivity contribution in [2.24, 2.45) is 7.05 Å². The van der Waals surface area contributed by atoms with E-state index in [2.05, 4.69) is 31.2 Å². The summed E-state index contributed by atoms with van der Waals surface area (Å²) in [5, 5.41) is 7.39. The van der Waals surface area contributed by atoms with E-state index in [-0.39, 0.29) is 11.6 Å². The molecule has 0 saturated carbocycles. The van der Waals surface area contributed by atoms with Crippen LogP contribution in [0.1, 0.15) is 18.4 Å². The van der Waals surface area contributed by atoms with Gasteiger partial charge in [-0.15, -0.1) is 0 Å². The van der Waals surface area contributed by atoms with Gasteiger partial charge in [-0.2, -0.15) is 5.10 Å². The van der Waals surface area contributed by atoms with Gasteiger partial charge in [0.05, 0.1) is 11.9 Å². The Morgan fingerprint density at radius 3 is 2.68 bits per heavy atom. The van der Waals surface area contributed by atoms with Gasteiger partial charge in [-0.1, -0.05) is 6.07 Å². The highest BCUT2D eigenvalue weighted by molar-refractivity contribution is 9.10. The van der Waals surface area contributed by atoms with Crippen LogP contribution >= 0.6 is 15.9 Å². The summed E-state index contributed by atoms with van der Waals surface area (Å²) < 4.78 is 28.0. The third-order valence-electron chi connectivity index (χ3n) is 4.42. The number of aromatic nitrogens is 2. The van der Waals surface area contributed by atoms with Crippen molar-refractivity contribution >= 4 is 21.6 Å². The van der Waals surface area contributed by atoms with Crippen molar-refractivity contribution < 1.29 is 8.78 Å². The van der Waals surface area contributed by atoms with Crippen LogP contribution in [0.25, 0.3) is 0 Å². The molecule has 0 spiro atoms. The lowest BCUT2D eigenvalue weighted by atomic mass is 10.0. The molecule has 0 unspecified atom stereocenters. The van der Waals surface area contributed by atoms with E-state index in [1.54, 1.807) is 19.3 Å². The topological polar surface area (TPSA) is 50.2 Å². The SMILES string of the molecule is Cn1ncc(NC2CCN(Cc3ccc(F)c(F)c3)CC2)c(Br)c1=O. The van der Waals surface area contributed by atoms with Crippen molar-refractivity contribution in [3.8, 4) is 0 Å². The van der Waals surface area contributed by atoms with Crippen molar-refractivity contribution in [3.63, 3.8) is 0 Å². The molecule has 0 aliphatic carbocycles. The van der Waals surface area contributed by atoms with Gasteiger partial charge in [0.25, 0.3) is 5.56 Å². The van der Waals surface area contributed by atoms with Crippen LogP contribution in [0.3, 0.4) is 0 Å². The van der Waals surface area contributed by atoms with Crippen LogP contribution in [0.5, 0.6) is 0 Å². The molecule has 1 fully saturated rings. The average molecular weight is 413 g/mol. The largest absolute Gasteiger partial charge is 0.380 e. The Hall–Kier alpha value is -1.80. The lowest BCUT2D eigenvalue weighted by Gasteiger charge is -2.33. The average Bonchev–Trinajstić information content (AvgIpc) is 2.60. The van der Waals surface area contributed by atoms with Crippen LogP contribution in [0.15, 0.2) is 33.7 Å². The lowest BCUT2D eigenvalue weighted by molar-refractivity contribution is 0.211. The van der Waals surface area contributed by atoms with Crippen molar-refractivity contribution in [1.29, 1.82) is 0 Å². The highest BCUT2D eigenvalue weighted by Gasteiger charge is 2.21. The van der Waals surface area contributed by atoms with Crippen molar-refractivity contribution in [2.45, 2.75) is 25.4 Å². The first kappa shape index (κ1) is 18.0. The molecule has 2 heterocycles. The number of hydrogen-bond acceptors (Lipinski definition) is 4. The summed E-state index contributed by atoms with van der Waals surface area (Å²) >= 11 is 3.31. The van der Waals surface area contributed by atoms with Crippen molar-refractivity contribution in [3.05, 3.63) is 56.4 Å².